The highest BCUT2D eigenvalue weighted by atomic mass is 19.4. The van der Waals surface area contributed by atoms with Crippen LogP contribution in [-0.4, -0.2) is 83.0 Å². The molecule has 0 aliphatic carbocycles. The summed E-state index contributed by atoms with van der Waals surface area (Å²) in [5, 5.41) is 8.56. The van der Waals surface area contributed by atoms with Crippen molar-refractivity contribution in [3.8, 4) is 5.88 Å². The maximum atomic E-state index is 13.8. The molecule has 1 atom stereocenters. The Kier molecular flexibility index (Phi) is 9.34. The standard InChI is InChI=1S/C25H33F3N8O/c1-29-17-7-6-8-18(13-17)33-23(30-2)20(25(26,27)28)14-31-16-32-21-9-10-22(34-24(21)37-5)36(4)19-11-12-35(3)15-19/h6-10,13-14,19,29,32-33H,2,11-12,15-16H2,1,3-5H3/b23-20-,31-14-. The summed E-state index contributed by atoms with van der Waals surface area (Å²) in [4.78, 5) is 16.4. The van der Waals surface area contributed by atoms with E-state index < -0.39 is 17.6 Å². The number of hydrogen-bond donors (Lipinski definition) is 3. The van der Waals surface area contributed by atoms with E-state index in [0.717, 1.165) is 37.2 Å². The van der Waals surface area contributed by atoms with Gasteiger partial charge in [0, 0.05) is 44.3 Å². The molecule has 0 saturated carbocycles. The van der Waals surface area contributed by atoms with Crippen molar-refractivity contribution in [2.24, 2.45) is 9.98 Å². The van der Waals surface area contributed by atoms with Crippen molar-refractivity contribution in [1.29, 1.82) is 0 Å². The molecule has 1 aromatic heterocycles. The fraction of sp³-hybridized carbons (Fsp3) is 0.400. The van der Waals surface area contributed by atoms with Crippen LogP contribution in [0.5, 0.6) is 5.88 Å². The number of methoxy groups -OCH3 is 1. The first-order valence-corrected chi connectivity index (χ1v) is 11.7. The van der Waals surface area contributed by atoms with Crippen LogP contribution < -0.4 is 25.6 Å². The molecule has 9 nitrogen and oxygen atoms in total. The van der Waals surface area contributed by atoms with Gasteiger partial charge in [0.1, 0.15) is 23.9 Å². The van der Waals surface area contributed by atoms with Gasteiger partial charge in [-0.1, -0.05) is 6.07 Å². The number of nitrogens with one attached hydrogen (secondary N) is 3. The highest BCUT2D eigenvalue weighted by Gasteiger charge is 2.36. The lowest BCUT2D eigenvalue weighted by Gasteiger charge is -2.26. The summed E-state index contributed by atoms with van der Waals surface area (Å²) in [6.07, 6.45) is -2.93. The molecular weight excluding hydrogens is 485 g/mol. The third kappa shape index (κ3) is 7.35. The van der Waals surface area contributed by atoms with Crippen molar-refractivity contribution in [2.75, 3.05) is 68.9 Å². The third-order valence-corrected chi connectivity index (χ3v) is 6.03. The van der Waals surface area contributed by atoms with Crippen LogP contribution >= 0.6 is 0 Å². The van der Waals surface area contributed by atoms with Crippen molar-refractivity contribution < 1.29 is 17.9 Å². The van der Waals surface area contributed by atoms with Crippen LogP contribution in [0.2, 0.25) is 0 Å². The molecule has 37 heavy (non-hydrogen) atoms. The van der Waals surface area contributed by atoms with E-state index in [4.69, 9.17) is 4.74 Å². The fourth-order valence-corrected chi connectivity index (χ4v) is 3.95. The SMILES string of the molecule is C=N/C(Nc1cccc(NC)c1)=C(\C=N/CNc1ccc(N(C)C2CCN(C)C2)nc1OC)C(F)(F)F. The number of halogens is 3. The zero-order valence-corrected chi connectivity index (χ0v) is 21.4. The molecule has 0 amide bonds. The molecule has 3 rings (SSSR count). The fourth-order valence-electron chi connectivity index (χ4n) is 3.95. The molecule has 3 N–H and O–H groups in total. The summed E-state index contributed by atoms with van der Waals surface area (Å²) in [7, 11) is 7.28. The van der Waals surface area contributed by atoms with Gasteiger partial charge >= 0.3 is 6.18 Å². The zero-order chi connectivity index (χ0) is 27.0. The Labute approximate surface area is 215 Å². The number of hydrogen-bond acceptors (Lipinski definition) is 9. The van der Waals surface area contributed by atoms with Crippen LogP contribution in [0.15, 0.2) is 57.8 Å². The molecule has 1 aromatic carbocycles. The predicted octanol–water partition coefficient (Wildman–Crippen LogP) is 4.30. The molecular formula is C25H33F3N8O. The van der Waals surface area contributed by atoms with Gasteiger partial charge in [-0.25, -0.2) is 4.99 Å². The Morgan fingerprint density at radius 3 is 2.68 bits per heavy atom. The van der Waals surface area contributed by atoms with E-state index in [1.807, 2.05) is 13.1 Å². The molecule has 1 fully saturated rings. The second-order valence-corrected chi connectivity index (χ2v) is 8.56. The number of anilines is 4. The van der Waals surface area contributed by atoms with Crippen LogP contribution in [-0.2, 0) is 0 Å². The lowest BCUT2D eigenvalue weighted by Crippen LogP contribution is -2.34. The Bertz CT molecular complexity index is 1140. The van der Waals surface area contributed by atoms with E-state index in [0.29, 0.717) is 23.3 Å². The monoisotopic (exact) mass is 518 g/mol. The van der Waals surface area contributed by atoms with Gasteiger partial charge in [-0.15, -0.1) is 0 Å². The molecule has 12 heteroatoms. The first kappa shape index (κ1) is 27.8. The van der Waals surface area contributed by atoms with E-state index in [2.05, 4.69) is 54.5 Å². The highest BCUT2D eigenvalue weighted by molar-refractivity contribution is 5.83. The lowest BCUT2D eigenvalue weighted by molar-refractivity contribution is -0.0863. The minimum atomic E-state index is -4.70. The van der Waals surface area contributed by atoms with Gasteiger partial charge in [0.05, 0.1) is 12.8 Å². The number of aliphatic imine (C=N–C) groups is 2. The number of allylic oxidation sites excluding steroid dienone is 1. The summed E-state index contributed by atoms with van der Waals surface area (Å²) in [6, 6.07) is 10.7. The second-order valence-electron chi connectivity index (χ2n) is 8.56. The molecule has 1 saturated heterocycles. The predicted molar refractivity (Wildman–Crippen MR) is 144 cm³/mol. The summed E-state index contributed by atoms with van der Waals surface area (Å²) in [5.41, 5.74) is 0.618. The van der Waals surface area contributed by atoms with Crippen molar-refractivity contribution in [3.05, 3.63) is 47.8 Å². The number of nitrogens with zero attached hydrogens (tertiary/aromatic N) is 5. The van der Waals surface area contributed by atoms with Gasteiger partial charge in [0.2, 0.25) is 5.88 Å². The molecule has 200 valence electrons. The Balaban J connectivity index is 1.73. The van der Waals surface area contributed by atoms with Gasteiger partial charge in [0.25, 0.3) is 0 Å². The van der Waals surface area contributed by atoms with E-state index >= 15 is 0 Å². The number of rotatable bonds is 11. The lowest BCUT2D eigenvalue weighted by atomic mass is 10.2. The molecule has 1 aliphatic rings. The Hall–Kier alpha value is -3.80. The first-order valence-electron chi connectivity index (χ1n) is 11.7. The van der Waals surface area contributed by atoms with Gasteiger partial charge in [-0.05, 0) is 57.1 Å². The highest BCUT2D eigenvalue weighted by Crippen LogP contribution is 2.30. The average molecular weight is 519 g/mol. The van der Waals surface area contributed by atoms with Crippen LogP contribution in [0.1, 0.15) is 6.42 Å². The number of ether oxygens (including phenoxy) is 1. The summed E-state index contributed by atoms with van der Waals surface area (Å²) in [6.45, 7) is 5.13. The van der Waals surface area contributed by atoms with Crippen molar-refractivity contribution in [3.63, 3.8) is 0 Å². The van der Waals surface area contributed by atoms with Crippen molar-refractivity contribution in [1.82, 2.24) is 9.88 Å². The third-order valence-electron chi connectivity index (χ3n) is 6.03. The van der Waals surface area contributed by atoms with E-state index in [-0.39, 0.29) is 6.67 Å². The van der Waals surface area contributed by atoms with Crippen molar-refractivity contribution >= 4 is 35.8 Å². The van der Waals surface area contributed by atoms with Gasteiger partial charge in [0.15, 0.2) is 0 Å². The quantitative estimate of drug-likeness (QED) is 0.382. The van der Waals surface area contributed by atoms with Crippen LogP contribution in [0.4, 0.5) is 36.1 Å². The normalized spacial score (nSPS) is 16.9. The van der Waals surface area contributed by atoms with Gasteiger partial charge in [-0.2, -0.15) is 18.2 Å². The smallest absolute Gasteiger partial charge is 0.421 e. The Morgan fingerprint density at radius 2 is 2.05 bits per heavy atom. The van der Waals surface area contributed by atoms with Crippen molar-refractivity contribution in [2.45, 2.75) is 18.6 Å². The molecule has 0 spiro atoms. The van der Waals surface area contributed by atoms with Gasteiger partial charge in [-0.3, -0.25) is 4.99 Å². The molecule has 0 radical (unpaired) electrons. The van der Waals surface area contributed by atoms with Crippen LogP contribution in [0, 0.1) is 0 Å². The summed E-state index contributed by atoms with van der Waals surface area (Å²) >= 11 is 0. The van der Waals surface area contributed by atoms with E-state index in [1.54, 1.807) is 37.4 Å². The average Bonchev–Trinajstić information content (AvgIpc) is 3.32. The maximum absolute atomic E-state index is 13.8. The minimum Gasteiger partial charge on any atom is -0.479 e. The topological polar surface area (TPSA) is 89.4 Å². The maximum Gasteiger partial charge on any atom is 0.421 e. The van der Waals surface area contributed by atoms with Gasteiger partial charge < -0.3 is 30.5 Å². The summed E-state index contributed by atoms with van der Waals surface area (Å²) in [5.74, 6) is 0.634. The van der Waals surface area contributed by atoms with Crippen LogP contribution in [0.25, 0.3) is 0 Å². The molecule has 1 unspecified atom stereocenters. The number of likely N-dealkylation sites (tertiary alicyclic amines) is 1. The second kappa shape index (κ2) is 12.4. The largest absolute Gasteiger partial charge is 0.479 e. The zero-order valence-electron chi connectivity index (χ0n) is 21.4. The number of pyridine rings is 1. The first-order chi connectivity index (χ1) is 17.7. The number of alkyl halides is 3. The number of aromatic nitrogens is 1. The number of benzene rings is 1. The Morgan fingerprint density at radius 1 is 1.30 bits per heavy atom. The number of likely N-dealkylation sites (N-methyl/N-ethyl adjacent to an activating group) is 2. The van der Waals surface area contributed by atoms with E-state index in [9.17, 15) is 13.2 Å². The molecule has 2 aromatic rings. The van der Waals surface area contributed by atoms with E-state index in [1.165, 1.54) is 7.11 Å². The molecule has 1 aliphatic heterocycles. The molecule has 0 bridgehead atoms. The van der Waals surface area contributed by atoms with Crippen LogP contribution in [0.3, 0.4) is 0 Å². The molecule has 2 heterocycles. The minimum absolute atomic E-state index is 0.139. The summed E-state index contributed by atoms with van der Waals surface area (Å²) < 4.78 is 46.8.